The average Bonchev–Trinajstić information content (AvgIpc) is 1.25. The van der Waals surface area contributed by atoms with E-state index >= 15 is 0 Å². The van der Waals surface area contributed by atoms with Gasteiger partial charge in [0.2, 0.25) is 0 Å². The Bertz CT molecular complexity index is 76.6. The number of nitrogens with zero attached hydrogens (tertiary/aromatic N) is 2. The summed E-state index contributed by atoms with van der Waals surface area (Å²) in [6.07, 6.45) is 0. The van der Waals surface area contributed by atoms with Crippen LogP contribution in [0.1, 0.15) is 2.85 Å². The minimum atomic E-state index is -1.50. The van der Waals surface area contributed by atoms with Crippen LogP contribution in [0.3, 0.4) is 0 Å². The maximum Gasteiger partial charge on any atom is 2.00 e. The van der Waals surface area contributed by atoms with Gasteiger partial charge < -0.3 is 13.3 Å². The standard InChI is InChI=1S/Be.2HNO3.2H/c;2*2-1(3)4;;/h;2*(H,2,3,4);;/q+2;;;2*-1. The van der Waals surface area contributed by atoms with Crippen LogP contribution in [0.2, 0.25) is 0 Å². The average molecular weight is 137 g/mol. The second-order valence-electron chi connectivity index (χ2n) is 0.476. The van der Waals surface area contributed by atoms with Crippen molar-refractivity contribution < 1.29 is 23.4 Å². The quantitative estimate of drug-likeness (QED) is 0.254. The van der Waals surface area contributed by atoms with Gasteiger partial charge in [-0.15, -0.1) is 20.2 Å². The first-order valence-electron chi connectivity index (χ1n) is 1.13. The van der Waals surface area contributed by atoms with E-state index in [4.69, 9.17) is 30.6 Å². The summed E-state index contributed by atoms with van der Waals surface area (Å²) in [5, 5.41) is 27.3. The Morgan fingerprint density at radius 3 is 1.11 bits per heavy atom. The molecular formula is H4BeN2O6. The molecular weight excluding hydrogens is 133 g/mol. The van der Waals surface area contributed by atoms with Crippen LogP contribution in [0.15, 0.2) is 0 Å². The summed E-state index contributed by atoms with van der Waals surface area (Å²) in [7, 11) is 0. The zero-order valence-corrected chi connectivity index (χ0v) is 4.13. The van der Waals surface area contributed by atoms with Crippen molar-refractivity contribution in [2.45, 2.75) is 0 Å². The molecule has 0 saturated heterocycles. The molecule has 9 heavy (non-hydrogen) atoms. The number of hydrogen-bond donors (Lipinski definition) is 2. The Morgan fingerprint density at radius 1 is 1.11 bits per heavy atom. The zero-order valence-electron chi connectivity index (χ0n) is 6.13. The van der Waals surface area contributed by atoms with Crippen LogP contribution in [-0.2, 0) is 0 Å². The van der Waals surface area contributed by atoms with Gasteiger partial charge in [0.05, 0.1) is 0 Å². The fraction of sp³-hybridized carbons (Fsp3) is 0. The van der Waals surface area contributed by atoms with Crippen molar-refractivity contribution >= 4 is 10.1 Å². The van der Waals surface area contributed by atoms with Crippen LogP contribution in [-0.4, -0.2) is 30.7 Å². The van der Waals surface area contributed by atoms with Crippen LogP contribution in [0.4, 0.5) is 0 Å². The monoisotopic (exact) mass is 137 g/mol. The van der Waals surface area contributed by atoms with Crippen molar-refractivity contribution in [1.82, 2.24) is 0 Å². The van der Waals surface area contributed by atoms with E-state index in [1.54, 1.807) is 0 Å². The summed E-state index contributed by atoms with van der Waals surface area (Å²) in [4.78, 5) is 16.7. The van der Waals surface area contributed by atoms with E-state index in [0.717, 1.165) is 0 Å². The molecule has 0 aliphatic carbocycles. The molecule has 0 spiro atoms. The fourth-order valence-electron chi connectivity index (χ4n) is 0. The van der Waals surface area contributed by atoms with Gasteiger partial charge in [-0.25, -0.2) is 0 Å². The first-order chi connectivity index (χ1) is 3.46. The summed E-state index contributed by atoms with van der Waals surface area (Å²) in [5.41, 5.74) is 0. The molecule has 9 heteroatoms. The predicted octanol–water partition coefficient (Wildman–Crippen LogP) is -0.851. The molecule has 0 unspecified atom stereocenters. The maximum absolute atomic E-state index is 8.36. The van der Waals surface area contributed by atoms with Crippen molar-refractivity contribution in [3.05, 3.63) is 20.2 Å². The van der Waals surface area contributed by atoms with E-state index in [1.165, 1.54) is 0 Å². The first kappa shape index (κ1) is 15.6. The van der Waals surface area contributed by atoms with E-state index in [9.17, 15) is 0 Å². The third-order valence-corrected chi connectivity index (χ3v) is 0. The molecule has 52 valence electrons. The normalized spacial score (nSPS) is 5.33. The Balaban J connectivity index is -0.0000000171. The minimum absolute atomic E-state index is 0. The van der Waals surface area contributed by atoms with E-state index in [2.05, 4.69) is 0 Å². The van der Waals surface area contributed by atoms with Crippen molar-refractivity contribution in [3.8, 4) is 0 Å². The molecule has 0 saturated carbocycles. The number of rotatable bonds is 0. The van der Waals surface area contributed by atoms with Gasteiger partial charge >= 0.3 is 10.1 Å². The Kier molecular flexibility index (Phi) is 17.0. The van der Waals surface area contributed by atoms with Crippen LogP contribution >= 0.6 is 0 Å². The first-order valence-corrected chi connectivity index (χ1v) is 1.13. The van der Waals surface area contributed by atoms with Gasteiger partial charge in [-0.1, -0.05) is 0 Å². The van der Waals surface area contributed by atoms with Gasteiger partial charge in [0.1, 0.15) is 0 Å². The SMILES string of the molecule is O=[N+]([O-])O.O=[N+]([O-])O.[Be+2].[H-].[H-]. The molecule has 0 aromatic carbocycles. The van der Waals surface area contributed by atoms with Crippen molar-refractivity contribution in [3.63, 3.8) is 0 Å². The zero-order chi connectivity index (χ0) is 7.15. The van der Waals surface area contributed by atoms with E-state index < -0.39 is 10.2 Å². The third kappa shape index (κ3) is 66.9. The molecule has 0 fully saturated rings. The summed E-state index contributed by atoms with van der Waals surface area (Å²) in [6.45, 7) is 0. The molecule has 0 aliphatic rings. The third-order valence-electron chi connectivity index (χ3n) is 0. The topological polar surface area (TPSA) is 127 Å². The van der Waals surface area contributed by atoms with Gasteiger partial charge in [0.15, 0.2) is 0 Å². The summed E-state index contributed by atoms with van der Waals surface area (Å²) in [5.74, 6) is 0. The predicted molar refractivity (Wildman–Crippen MR) is 25.5 cm³/mol. The molecule has 0 rings (SSSR count). The summed E-state index contributed by atoms with van der Waals surface area (Å²) in [6, 6.07) is 0. The van der Waals surface area contributed by atoms with E-state index in [0.29, 0.717) is 0 Å². The summed E-state index contributed by atoms with van der Waals surface area (Å²) >= 11 is 0. The van der Waals surface area contributed by atoms with Crippen molar-refractivity contribution in [1.29, 1.82) is 0 Å². The van der Waals surface area contributed by atoms with Crippen molar-refractivity contribution in [2.75, 3.05) is 0 Å². The molecule has 0 amide bonds. The second-order valence-corrected chi connectivity index (χ2v) is 0.476. The van der Waals surface area contributed by atoms with Gasteiger partial charge in [-0.05, 0) is 0 Å². The van der Waals surface area contributed by atoms with Crippen LogP contribution in [0.5, 0.6) is 0 Å². The molecule has 0 heterocycles. The second kappa shape index (κ2) is 9.76. The van der Waals surface area contributed by atoms with Gasteiger partial charge in [0.25, 0.3) is 10.2 Å². The van der Waals surface area contributed by atoms with Gasteiger partial charge in [-0.2, -0.15) is 0 Å². The van der Waals surface area contributed by atoms with Crippen LogP contribution in [0, 0.1) is 20.2 Å². The fourth-order valence-corrected chi connectivity index (χ4v) is 0. The molecule has 0 atom stereocenters. The van der Waals surface area contributed by atoms with E-state index in [1.807, 2.05) is 0 Å². The Hall–Kier alpha value is -1.43. The molecule has 0 aliphatic heterocycles. The van der Waals surface area contributed by atoms with Gasteiger partial charge in [-0.3, -0.25) is 0 Å². The molecule has 0 aromatic rings. The summed E-state index contributed by atoms with van der Waals surface area (Å²) < 4.78 is 0. The molecule has 0 radical (unpaired) electrons. The van der Waals surface area contributed by atoms with E-state index in [-0.39, 0.29) is 13.0 Å². The Morgan fingerprint density at radius 2 is 1.11 bits per heavy atom. The number of hydrogen-bond acceptors (Lipinski definition) is 4. The van der Waals surface area contributed by atoms with Crippen LogP contribution < -0.4 is 0 Å². The van der Waals surface area contributed by atoms with Gasteiger partial charge in [0, 0.05) is 0 Å². The maximum atomic E-state index is 8.36. The molecule has 0 bridgehead atoms. The van der Waals surface area contributed by atoms with Crippen molar-refractivity contribution in [2.24, 2.45) is 0 Å². The minimum Gasteiger partial charge on any atom is -1.00 e. The van der Waals surface area contributed by atoms with Crippen LogP contribution in [0.25, 0.3) is 0 Å². The molecule has 8 nitrogen and oxygen atoms in total. The largest absolute Gasteiger partial charge is 2.00 e. The molecule has 2 N–H and O–H groups in total. The Labute approximate surface area is 55.1 Å². The molecule has 0 aromatic heterocycles. The smallest absolute Gasteiger partial charge is 1.00 e.